The number of halogens is 1. The Morgan fingerprint density at radius 2 is 1.74 bits per heavy atom. The number of carbonyl (C=O) groups is 2. The van der Waals surface area contributed by atoms with Gasteiger partial charge in [-0.15, -0.1) is 0 Å². The maximum atomic E-state index is 12.2. The Morgan fingerprint density at radius 3 is 2.17 bits per heavy atom. The van der Waals surface area contributed by atoms with Crippen LogP contribution in [0.25, 0.3) is 0 Å². The Balaban J connectivity index is 2.71. The number of hydrogen-bond donors (Lipinski definition) is 1. The molecule has 23 heavy (non-hydrogen) atoms. The van der Waals surface area contributed by atoms with Gasteiger partial charge in [0.2, 0.25) is 5.91 Å². The quantitative estimate of drug-likeness (QED) is 0.817. The van der Waals surface area contributed by atoms with Gasteiger partial charge < -0.3 is 10.1 Å². The standard InChI is InChI=1S/C18H26BrNO3/c1-11-7-14(8-12(2)17(11)19)9-16(22)20-15(13(3)21)10-23-18(4,5)6/h7-8,15H,9-10H2,1-6H3,(H,20,22). The first-order valence-corrected chi connectivity index (χ1v) is 8.48. The van der Waals surface area contributed by atoms with E-state index in [1.54, 1.807) is 0 Å². The van der Waals surface area contributed by atoms with Gasteiger partial charge in [0.25, 0.3) is 0 Å². The smallest absolute Gasteiger partial charge is 0.225 e. The Kier molecular flexibility index (Phi) is 6.96. The molecule has 0 fully saturated rings. The van der Waals surface area contributed by atoms with Crippen LogP contribution >= 0.6 is 15.9 Å². The molecular weight excluding hydrogens is 358 g/mol. The lowest BCUT2D eigenvalue weighted by Gasteiger charge is -2.24. The number of ketones is 1. The minimum absolute atomic E-state index is 0.106. The maximum absolute atomic E-state index is 12.2. The number of benzene rings is 1. The molecule has 0 saturated carbocycles. The third-order valence-electron chi connectivity index (χ3n) is 3.37. The summed E-state index contributed by atoms with van der Waals surface area (Å²) in [6.45, 7) is 11.4. The number of aryl methyl sites for hydroxylation is 2. The first kappa shape index (κ1) is 19.8. The molecule has 0 bridgehead atoms. The maximum Gasteiger partial charge on any atom is 0.225 e. The second kappa shape index (κ2) is 8.06. The molecule has 0 radical (unpaired) electrons. The predicted octanol–water partition coefficient (Wildman–Crippen LogP) is 3.50. The van der Waals surface area contributed by atoms with Crippen molar-refractivity contribution in [3.8, 4) is 0 Å². The van der Waals surface area contributed by atoms with Crippen LogP contribution in [0, 0.1) is 13.8 Å². The molecule has 0 aliphatic rings. The van der Waals surface area contributed by atoms with Gasteiger partial charge in [-0.25, -0.2) is 0 Å². The largest absolute Gasteiger partial charge is 0.373 e. The first-order valence-electron chi connectivity index (χ1n) is 7.69. The zero-order valence-electron chi connectivity index (χ0n) is 14.7. The highest BCUT2D eigenvalue weighted by atomic mass is 79.9. The Labute approximate surface area is 147 Å². The Hall–Kier alpha value is -1.20. The Morgan fingerprint density at radius 1 is 1.22 bits per heavy atom. The summed E-state index contributed by atoms with van der Waals surface area (Å²) in [6.07, 6.45) is 0.244. The summed E-state index contributed by atoms with van der Waals surface area (Å²) in [4.78, 5) is 23.9. The van der Waals surface area contributed by atoms with Crippen LogP contribution in [0.2, 0.25) is 0 Å². The van der Waals surface area contributed by atoms with E-state index in [0.29, 0.717) is 0 Å². The average molecular weight is 384 g/mol. The molecule has 5 heteroatoms. The fourth-order valence-electron chi connectivity index (χ4n) is 2.16. The van der Waals surface area contributed by atoms with Crippen molar-refractivity contribution in [1.29, 1.82) is 0 Å². The van der Waals surface area contributed by atoms with Crippen molar-refractivity contribution in [2.24, 2.45) is 0 Å². The summed E-state index contributed by atoms with van der Waals surface area (Å²) in [5.41, 5.74) is 2.76. The molecule has 128 valence electrons. The highest BCUT2D eigenvalue weighted by Gasteiger charge is 2.21. The molecule has 0 saturated heterocycles. The average Bonchev–Trinajstić information content (AvgIpc) is 2.39. The predicted molar refractivity (Wildman–Crippen MR) is 95.6 cm³/mol. The molecule has 1 atom stereocenters. The molecule has 0 heterocycles. The third-order valence-corrected chi connectivity index (χ3v) is 4.62. The lowest BCUT2D eigenvalue weighted by atomic mass is 10.0. The third kappa shape index (κ3) is 6.83. The molecule has 0 aliphatic heterocycles. The number of nitrogens with one attached hydrogen (secondary N) is 1. The van der Waals surface area contributed by atoms with E-state index in [9.17, 15) is 9.59 Å². The van der Waals surface area contributed by atoms with Crippen molar-refractivity contribution >= 4 is 27.6 Å². The van der Waals surface area contributed by atoms with Gasteiger partial charge in [0.1, 0.15) is 6.04 Å². The summed E-state index contributed by atoms with van der Waals surface area (Å²) in [7, 11) is 0. The summed E-state index contributed by atoms with van der Waals surface area (Å²) < 4.78 is 6.67. The highest BCUT2D eigenvalue weighted by molar-refractivity contribution is 9.10. The van der Waals surface area contributed by atoms with Crippen molar-refractivity contribution in [1.82, 2.24) is 5.32 Å². The van der Waals surface area contributed by atoms with Crippen LogP contribution in [0.15, 0.2) is 16.6 Å². The fourth-order valence-corrected chi connectivity index (χ4v) is 2.39. The second-order valence-corrected chi connectivity index (χ2v) is 7.67. The number of ether oxygens (including phenoxy) is 1. The van der Waals surface area contributed by atoms with Crippen molar-refractivity contribution in [2.45, 2.75) is 59.6 Å². The molecule has 1 unspecified atom stereocenters. The van der Waals surface area contributed by atoms with E-state index in [1.165, 1.54) is 6.92 Å². The van der Waals surface area contributed by atoms with Crippen LogP contribution in [-0.2, 0) is 20.7 Å². The number of amides is 1. The molecule has 4 nitrogen and oxygen atoms in total. The van der Waals surface area contributed by atoms with Crippen LogP contribution < -0.4 is 5.32 Å². The van der Waals surface area contributed by atoms with Crippen LogP contribution in [0.4, 0.5) is 0 Å². The SMILES string of the molecule is CC(=O)C(COC(C)(C)C)NC(=O)Cc1cc(C)c(Br)c(C)c1. The first-order chi connectivity index (χ1) is 10.5. The van der Waals surface area contributed by atoms with E-state index in [-0.39, 0.29) is 30.3 Å². The van der Waals surface area contributed by atoms with Crippen molar-refractivity contribution in [2.75, 3.05) is 6.61 Å². The number of rotatable bonds is 6. The van der Waals surface area contributed by atoms with Gasteiger partial charge >= 0.3 is 0 Å². The van der Waals surface area contributed by atoms with Gasteiger partial charge in [0.05, 0.1) is 18.6 Å². The molecule has 1 aromatic rings. The molecule has 0 aromatic heterocycles. The van der Waals surface area contributed by atoms with E-state index in [4.69, 9.17) is 4.74 Å². The minimum atomic E-state index is -0.612. The van der Waals surface area contributed by atoms with Crippen molar-refractivity contribution in [3.63, 3.8) is 0 Å². The van der Waals surface area contributed by atoms with Crippen molar-refractivity contribution in [3.05, 3.63) is 33.3 Å². The zero-order chi connectivity index (χ0) is 17.8. The lowest BCUT2D eigenvalue weighted by molar-refractivity contribution is -0.129. The molecular formula is C18H26BrNO3. The van der Waals surface area contributed by atoms with Crippen LogP contribution in [0.5, 0.6) is 0 Å². The van der Waals surface area contributed by atoms with Crippen LogP contribution in [-0.4, -0.2) is 29.9 Å². The van der Waals surface area contributed by atoms with Gasteiger partial charge in [0, 0.05) is 4.47 Å². The molecule has 1 amide bonds. The lowest BCUT2D eigenvalue weighted by Crippen LogP contribution is -2.45. The van der Waals surface area contributed by atoms with Crippen molar-refractivity contribution < 1.29 is 14.3 Å². The zero-order valence-corrected chi connectivity index (χ0v) is 16.3. The summed E-state index contributed by atoms with van der Waals surface area (Å²) in [6, 6.07) is 3.34. The van der Waals surface area contributed by atoms with Gasteiger partial charge in [-0.1, -0.05) is 28.1 Å². The molecule has 0 spiro atoms. The number of hydrogen-bond acceptors (Lipinski definition) is 3. The van der Waals surface area contributed by atoms with Gasteiger partial charge in [-0.3, -0.25) is 9.59 Å². The minimum Gasteiger partial charge on any atom is -0.373 e. The number of carbonyl (C=O) groups excluding carboxylic acids is 2. The van der Waals surface area contributed by atoms with Gasteiger partial charge in [-0.05, 0) is 58.2 Å². The van der Waals surface area contributed by atoms with E-state index in [0.717, 1.165) is 21.2 Å². The summed E-state index contributed by atoms with van der Waals surface area (Å²) >= 11 is 3.52. The highest BCUT2D eigenvalue weighted by Crippen LogP contribution is 2.22. The normalized spacial score (nSPS) is 12.8. The summed E-state index contributed by atoms with van der Waals surface area (Å²) in [5, 5.41) is 2.77. The van der Waals surface area contributed by atoms with Gasteiger partial charge in [-0.2, -0.15) is 0 Å². The topological polar surface area (TPSA) is 55.4 Å². The second-order valence-electron chi connectivity index (χ2n) is 6.87. The van der Waals surface area contributed by atoms with E-state index in [1.807, 2.05) is 46.8 Å². The molecule has 0 aliphatic carbocycles. The fraction of sp³-hybridized carbons (Fsp3) is 0.556. The van der Waals surface area contributed by atoms with Crippen LogP contribution in [0.1, 0.15) is 44.4 Å². The Bertz CT molecular complexity index is 567. The summed E-state index contributed by atoms with van der Waals surface area (Å²) in [5.74, 6) is -0.283. The van der Waals surface area contributed by atoms with Gasteiger partial charge in [0.15, 0.2) is 5.78 Å². The monoisotopic (exact) mass is 383 g/mol. The molecule has 1 aromatic carbocycles. The number of Topliss-reactive ketones (excluding diaryl/α,β-unsaturated/α-hetero) is 1. The van der Waals surface area contributed by atoms with Crippen LogP contribution in [0.3, 0.4) is 0 Å². The van der Waals surface area contributed by atoms with E-state index in [2.05, 4.69) is 21.2 Å². The van der Waals surface area contributed by atoms with E-state index >= 15 is 0 Å². The molecule has 1 rings (SSSR count). The molecule has 1 N–H and O–H groups in total. The van der Waals surface area contributed by atoms with E-state index < -0.39 is 6.04 Å².